The molecule has 0 saturated heterocycles. The van der Waals surface area contributed by atoms with Crippen molar-refractivity contribution in [3.63, 3.8) is 0 Å². The third-order valence-electron chi connectivity index (χ3n) is 8.56. The molecule has 3 atom stereocenters. The maximum absolute atomic E-state index is 11.5. The fourth-order valence-electron chi connectivity index (χ4n) is 6.24. The molecule has 0 spiro atoms. The third kappa shape index (κ3) is 4.69. The fraction of sp³-hybridized carbons (Fsp3) is 0.406. The van der Waals surface area contributed by atoms with Gasteiger partial charge in [0.2, 0.25) is 0 Å². The lowest BCUT2D eigenvalue weighted by atomic mass is 9.86. The first kappa shape index (κ1) is 26.9. The van der Waals surface area contributed by atoms with Crippen molar-refractivity contribution < 1.29 is 15.0 Å². The number of carbonyl (C=O) groups is 1. The number of allylic oxidation sites excluding steroid dienone is 1. The van der Waals surface area contributed by atoms with Crippen LogP contribution in [0.5, 0.6) is 0 Å². The van der Waals surface area contributed by atoms with Gasteiger partial charge in [0.05, 0.1) is 17.5 Å². The van der Waals surface area contributed by atoms with E-state index in [0.717, 1.165) is 73.5 Å². The molecule has 0 saturated carbocycles. The number of aliphatic hydroxyl groups is 1. The number of nitrogens with zero attached hydrogens (tertiary/aromatic N) is 2. The smallest absolute Gasteiger partial charge is 0.303 e. The van der Waals surface area contributed by atoms with E-state index in [1.165, 1.54) is 11.1 Å². The van der Waals surface area contributed by atoms with E-state index in [2.05, 4.69) is 61.9 Å². The van der Waals surface area contributed by atoms with E-state index in [1.54, 1.807) is 6.92 Å². The first-order chi connectivity index (χ1) is 18.5. The Morgan fingerprint density at radius 2 is 1.67 bits per heavy atom. The zero-order valence-electron chi connectivity index (χ0n) is 23.9. The summed E-state index contributed by atoms with van der Waals surface area (Å²) in [4.78, 5) is 28.8. The molecule has 5 rings (SSSR count). The zero-order chi connectivity index (χ0) is 28.2. The fourth-order valence-corrected chi connectivity index (χ4v) is 6.24. The Balaban J connectivity index is 1.93. The summed E-state index contributed by atoms with van der Waals surface area (Å²) in [6, 6.07) is 6.27. The van der Waals surface area contributed by atoms with Crippen LogP contribution in [0.2, 0.25) is 0 Å². The summed E-state index contributed by atoms with van der Waals surface area (Å²) in [6.07, 6.45) is 2.93. The van der Waals surface area contributed by atoms with Gasteiger partial charge in [-0.25, -0.2) is 4.98 Å². The molecule has 7 nitrogen and oxygen atoms in total. The molecule has 2 aliphatic rings. The summed E-state index contributed by atoms with van der Waals surface area (Å²) in [5.74, 6) is -0.787. The van der Waals surface area contributed by atoms with Crippen LogP contribution in [0.3, 0.4) is 0 Å². The van der Waals surface area contributed by atoms with Crippen molar-refractivity contribution in [1.29, 1.82) is 0 Å². The lowest BCUT2D eigenvalue weighted by molar-refractivity contribution is -0.137. The van der Waals surface area contributed by atoms with Crippen molar-refractivity contribution in [1.82, 2.24) is 19.9 Å². The van der Waals surface area contributed by atoms with E-state index in [4.69, 9.17) is 9.97 Å². The number of aromatic amines is 2. The molecule has 3 aromatic heterocycles. The van der Waals surface area contributed by atoms with Crippen molar-refractivity contribution >= 4 is 39.7 Å². The van der Waals surface area contributed by atoms with Crippen molar-refractivity contribution in [3.05, 3.63) is 68.8 Å². The maximum Gasteiger partial charge on any atom is 0.303 e. The van der Waals surface area contributed by atoms with Crippen LogP contribution in [0.4, 0.5) is 0 Å². The van der Waals surface area contributed by atoms with Crippen LogP contribution in [0, 0.1) is 20.8 Å². The Labute approximate surface area is 229 Å². The summed E-state index contributed by atoms with van der Waals surface area (Å²) < 4.78 is 0. The highest BCUT2D eigenvalue weighted by Crippen LogP contribution is 2.42. The Hall–Kier alpha value is -3.71. The van der Waals surface area contributed by atoms with Crippen LogP contribution >= 0.6 is 0 Å². The second kappa shape index (κ2) is 10.1. The minimum absolute atomic E-state index is 0.0232. The molecular formula is C32H38N4O3. The van der Waals surface area contributed by atoms with Crippen molar-refractivity contribution in [2.24, 2.45) is 0 Å². The SMILES string of the molecule is CCc1c(C)c2cc3[nH]c(cc4nc(c(C)c5nc(cc1[nH]2)C(C)=C5)[C@@H](CCC(=O)O)[C@@H]4C)c(C)c3C(C)O. The number of rotatable bonds is 5. The Kier molecular flexibility index (Phi) is 6.97. The van der Waals surface area contributed by atoms with Crippen LogP contribution in [-0.2, 0) is 11.2 Å². The largest absolute Gasteiger partial charge is 0.481 e. The average Bonchev–Trinajstić information content (AvgIpc) is 3.57. The molecule has 4 N–H and O–H groups in total. The summed E-state index contributed by atoms with van der Waals surface area (Å²) in [6.45, 7) is 14.3. The van der Waals surface area contributed by atoms with Crippen LogP contribution in [-0.4, -0.2) is 36.1 Å². The van der Waals surface area contributed by atoms with E-state index in [9.17, 15) is 15.0 Å². The molecule has 0 radical (unpaired) electrons. The van der Waals surface area contributed by atoms with Crippen LogP contribution < -0.4 is 0 Å². The van der Waals surface area contributed by atoms with E-state index in [0.29, 0.717) is 6.42 Å². The monoisotopic (exact) mass is 526 g/mol. The van der Waals surface area contributed by atoms with Gasteiger partial charge in [0.15, 0.2) is 0 Å². The van der Waals surface area contributed by atoms with Crippen molar-refractivity contribution in [3.8, 4) is 0 Å². The molecular weight excluding hydrogens is 488 g/mol. The second-order valence-electron chi connectivity index (χ2n) is 11.1. The normalized spacial score (nSPS) is 17.8. The maximum atomic E-state index is 11.5. The summed E-state index contributed by atoms with van der Waals surface area (Å²) in [7, 11) is 0. The summed E-state index contributed by atoms with van der Waals surface area (Å²) in [5, 5.41) is 20.2. The molecule has 1 unspecified atom stereocenters. The van der Waals surface area contributed by atoms with E-state index in [-0.39, 0.29) is 18.3 Å². The highest BCUT2D eigenvalue weighted by Gasteiger charge is 2.31. The summed E-state index contributed by atoms with van der Waals surface area (Å²) in [5.41, 5.74) is 13.7. The molecule has 2 aliphatic heterocycles. The van der Waals surface area contributed by atoms with Gasteiger partial charge in [-0.2, -0.15) is 0 Å². The van der Waals surface area contributed by atoms with Gasteiger partial charge in [0.25, 0.3) is 0 Å². The number of H-pyrrole nitrogens is 2. The first-order valence-electron chi connectivity index (χ1n) is 13.8. The Bertz CT molecular complexity index is 1670. The molecule has 0 amide bonds. The molecule has 0 aromatic carbocycles. The number of aliphatic carboxylic acids is 1. The first-order valence-corrected chi connectivity index (χ1v) is 13.8. The predicted octanol–water partition coefficient (Wildman–Crippen LogP) is 7.17. The van der Waals surface area contributed by atoms with Crippen LogP contribution in [0.25, 0.3) is 33.7 Å². The van der Waals surface area contributed by atoms with Gasteiger partial charge in [0, 0.05) is 57.3 Å². The molecule has 204 valence electrons. The Morgan fingerprint density at radius 1 is 0.974 bits per heavy atom. The average molecular weight is 527 g/mol. The third-order valence-corrected chi connectivity index (χ3v) is 8.56. The second-order valence-corrected chi connectivity index (χ2v) is 11.1. The highest BCUT2D eigenvalue weighted by molar-refractivity contribution is 5.85. The van der Waals surface area contributed by atoms with E-state index >= 15 is 0 Å². The zero-order valence-corrected chi connectivity index (χ0v) is 23.9. The molecule has 0 aliphatic carbocycles. The summed E-state index contributed by atoms with van der Waals surface area (Å²) >= 11 is 0. The highest BCUT2D eigenvalue weighted by atomic mass is 16.4. The number of carboxylic acid groups (broad SMARTS) is 1. The number of aromatic nitrogens is 4. The number of aliphatic hydroxyl groups excluding tert-OH is 1. The lowest BCUT2D eigenvalue weighted by Gasteiger charge is -2.16. The van der Waals surface area contributed by atoms with Gasteiger partial charge >= 0.3 is 5.97 Å². The molecule has 5 heterocycles. The van der Waals surface area contributed by atoms with E-state index in [1.807, 2.05) is 13.8 Å². The molecule has 8 bridgehead atoms. The number of hydrogen-bond donors (Lipinski definition) is 4. The van der Waals surface area contributed by atoms with Gasteiger partial charge in [-0.1, -0.05) is 13.8 Å². The number of nitrogens with one attached hydrogen (secondary N) is 2. The molecule has 39 heavy (non-hydrogen) atoms. The number of aryl methyl sites for hydroxylation is 3. The van der Waals surface area contributed by atoms with Gasteiger partial charge in [-0.05, 0) is 99.6 Å². The van der Waals surface area contributed by atoms with Crippen LogP contribution in [0.15, 0.2) is 18.2 Å². The Morgan fingerprint density at radius 3 is 2.33 bits per heavy atom. The topological polar surface area (TPSA) is 115 Å². The van der Waals surface area contributed by atoms with Gasteiger partial charge in [-0.15, -0.1) is 0 Å². The van der Waals surface area contributed by atoms with Gasteiger partial charge in [0.1, 0.15) is 0 Å². The molecule has 3 aromatic rings. The van der Waals surface area contributed by atoms with Crippen LogP contribution in [0.1, 0.15) is 109 Å². The van der Waals surface area contributed by atoms with E-state index < -0.39 is 12.1 Å². The van der Waals surface area contributed by atoms with Crippen molar-refractivity contribution in [2.75, 3.05) is 0 Å². The number of hydrogen-bond acceptors (Lipinski definition) is 4. The minimum Gasteiger partial charge on any atom is -0.481 e. The number of carboxylic acids is 1. The lowest BCUT2D eigenvalue weighted by Crippen LogP contribution is -2.07. The standard InChI is InChI=1S/C32H38N4O3/c1-8-21-16(3)25-14-29-31(20(7)37)18(5)27(35-29)13-26-17(4)22(9-10-30(38)39)32(36-26)19(6)24-11-15(2)23(33-24)12-28(21)34-25/h11-14,17,20,22,34-35,37H,8-10H2,1-7H3,(H,38,39)/t17-,20?,22-/m0/s1. The molecule has 0 fully saturated rings. The van der Waals surface area contributed by atoms with Crippen molar-refractivity contribution in [2.45, 2.75) is 85.7 Å². The number of fused-ring (bicyclic) bond motifs is 8. The minimum atomic E-state index is -0.802. The predicted molar refractivity (Wildman–Crippen MR) is 157 cm³/mol. The molecule has 7 heteroatoms. The van der Waals surface area contributed by atoms with Gasteiger partial charge < -0.3 is 20.2 Å². The quantitative estimate of drug-likeness (QED) is 0.281. The van der Waals surface area contributed by atoms with Gasteiger partial charge in [-0.3, -0.25) is 9.78 Å².